The van der Waals surface area contributed by atoms with E-state index in [0.29, 0.717) is 34.5 Å². The first kappa shape index (κ1) is 18.1. The van der Waals surface area contributed by atoms with Crippen molar-refractivity contribution >= 4 is 28.4 Å². The maximum Gasteiger partial charge on any atom is 0.275 e. The van der Waals surface area contributed by atoms with Gasteiger partial charge in [0.05, 0.1) is 10.9 Å². The lowest BCUT2D eigenvalue weighted by Gasteiger charge is -2.11. The summed E-state index contributed by atoms with van der Waals surface area (Å²) < 4.78 is 15.2. The topological polar surface area (TPSA) is 64.0 Å². The molecule has 0 fully saturated rings. The Labute approximate surface area is 154 Å². The molecule has 0 saturated heterocycles. The van der Waals surface area contributed by atoms with Crippen LogP contribution in [-0.4, -0.2) is 22.2 Å². The van der Waals surface area contributed by atoms with E-state index in [-0.39, 0.29) is 18.1 Å². The third kappa shape index (κ3) is 3.60. The lowest BCUT2D eigenvalue weighted by Crippen LogP contribution is -2.33. The first-order chi connectivity index (χ1) is 12.5. The molecule has 0 aliphatic rings. The van der Waals surface area contributed by atoms with Gasteiger partial charge in [-0.2, -0.15) is 5.10 Å². The van der Waals surface area contributed by atoms with Crippen LogP contribution in [0.15, 0.2) is 47.3 Å². The second kappa shape index (κ2) is 7.66. The maximum atomic E-state index is 13.6. The van der Waals surface area contributed by atoms with Crippen LogP contribution in [-0.2, 0) is 13.0 Å². The molecular formula is C19H17ClFN3O2. The van der Waals surface area contributed by atoms with Gasteiger partial charge in [0, 0.05) is 18.1 Å². The average molecular weight is 374 g/mol. The number of halogens is 2. The van der Waals surface area contributed by atoms with E-state index in [1.807, 2.05) is 6.92 Å². The second-order valence-corrected chi connectivity index (χ2v) is 6.19. The van der Waals surface area contributed by atoms with Gasteiger partial charge in [-0.05, 0) is 43.2 Å². The number of carbonyl (C=O) groups excluding carboxylic acids is 1. The van der Waals surface area contributed by atoms with Crippen LogP contribution in [0.25, 0.3) is 10.9 Å². The molecular weight excluding hydrogens is 357 g/mol. The molecule has 1 N–H and O–H groups in total. The third-order valence-corrected chi connectivity index (χ3v) is 4.30. The molecule has 0 bridgehead atoms. The number of aryl methyl sites for hydroxylation is 1. The van der Waals surface area contributed by atoms with E-state index in [2.05, 4.69) is 10.4 Å². The molecule has 134 valence electrons. The highest BCUT2D eigenvalue weighted by molar-refractivity contribution is 6.31. The van der Waals surface area contributed by atoms with Gasteiger partial charge in [-0.3, -0.25) is 14.3 Å². The highest BCUT2D eigenvalue weighted by Crippen LogP contribution is 2.16. The Morgan fingerprint density at radius 1 is 1.27 bits per heavy atom. The molecule has 0 aliphatic heterocycles. The number of aromatic nitrogens is 2. The lowest BCUT2D eigenvalue weighted by molar-refractivity contribution is 0.0946. The number of benzene rings is 2. The molecule has 0 atom stereocenters. The van der Waals surface area contributed by atoms with E-state index in [1.165, 1.54) is 12.1 Å². The van der Waals surface area contributed by atoms with Gasteiger partial charge in [0.25, 0.3) is 5.91 Å². The predicted octanol–water partition coefficient (Wildman–Crippen LogP) is 3.18. The summed E-state index contributed by atoms with van der Waals surface area (Å²) >= 11 is 5.98. The minimum Gasteiger partial charge on any atom is -0.350 e. The van der Waals surface area contributed by atoms with Gasteiger partial charge in [-0.1, -0.05) is 29.8 Å². The van der Waals surface area contributed by atoms with E-state index >= 15 is 0 Å². The van der Waals surface area contributed by atoms with E-state index in [0.717, 1.165) is 0 Å². The molecule has 0 radical (unpaired) electrons. The van der Waals surface area contributed by atoms with Crippen molar-refractivity contribution in [3.8, 4) is 0 Å². The van der Waals surface area contributed by atoms with Crippen molar-refractivity contribution < 1.29 is 9.18 Å². The third-order valence-electron chi connectivity index (χ3n) is 4.07. The van der Waals surface area contributed by atoms with Crippen LogP contribution in [0.4, 0.5) is 4.39 Å². The van der Waals surface area contributed by atoms with Gasteiger partial charge in [0.15, 0.2) is 5.69 Å². The fourth-order valence-electron chi connectivity index (χ4n) is 2.75. The molecule has 3 rings (SSSR count). The summed E-state index contributed by atoms with van der Waals surface area (Å²) in [7, 11) is 0. The highest BCUT2D eigenvalue weighted by atomic mass is 35.5. The maximum absolute atomic E-state index is 13.6. The monoisotopic (exact) mass is 373 g/mol. The largest absolute Gasteiger partial charge is 0.350 e. The molecule has 3 aromatic rings. The number of carbonyl (C=O) groups is 1. The number of nitrogens with zero attached hydrogens (tertiary/aromatic N) is 2. The summed E-state index contributed by atoms with van der Waals surface area (Å²) in [6.45, 7) is 2.56. The van der Waals surface area contributed by atoms with Gasteiger partial charge >= 0.3 is 0 Å². The number of hydrogen-bond donors (Lipinski definition) is 1. The number of hydrogen-bond acceptors (Lipinski definition) is 3. The van der Waals surface area contributed by atoms with Crippen molar-refractivity contribution in [2.45, 2.75) is 19.9 Å². The van der Waals surface area contributed by atoms with E-state index < -0.39 is 11.3 Å². The standard InChI is InChI=1S/C19H17ClFN3O2/c1-2-24-16-8-7-13(20)11-14(16)18(25)17(23-24)19(26)22-10-9-12-5-3-4-6-15(12)21/h3-8,11H,2,9-10H2,1H3,(H,22,26). The van der Waals surface area contributed by atoms with Crippen LogP contribution in [0.1, 0.15) is 23.0 Å². The zero-order chi connectivity index (χ0) is 18.7. The Morgan fingerprint density at radius 3 is 2.77 bits per heavy atom. The summed E-state index contributed by atoms with van der Waals surface area (Å²) in [6, 6.07) is 11.3. The van der Waals surface area contributed by atoms with Gasteiger partial charge in [0.1, 0.15) is 5.82 Å². The smallest absolute Gasteiger partial charge is 0.275 e. The fourth-order valence-corrected chi connectivity index (χ4v) is 2.92. The summed E-state index contributed by atoms with van der Waals surface area (Å²) in [6.07, 6.45) is 0.319. The molecule has 5 nitrogen and oxygen atoms in total. The number of nitrogens with one attached hydrogen (secondary N) is 1. The van der Waals surface area contributed by atoms with Crippen LogP contribution < -0.4 is 10.7 Å². The lowest BCUT2D eigenvalue weighted by atomic mass is 10.1. The number of fused-ring (bicyclic) bond motifs is 1. The zero-order valence-corrected chi connectivity index (χ0v) is 14.9. The Bertz CT molecular complexity index is 1030. The van der Waals surface area contributed by atoms with Gasteiger partial charge in [0.2, 0.25) is 5.43 Å². The van der Waals surface area contributed by atoms with Crippen molar-refractivity contribution in [3.63, 3.8) is 0 Å². The van der Waals surface area contributed by atoms with E-state index in [4.69, 9.17) is 11.6 Å². The molecule has 0 saturated carbocycles. The highest BCUT2D eigenvalue weighted by Gasteiger charge is 2.17. The molecule has 0 unspecified atom stereocenters. The SMILES string of the molecule is CCn1nc(C(=O)NCCc2ccccc2F)c(=O)c2cc(Cl)ccc21. The molecule has 0 spiro atoms. The van der Waals surface area contributed by atoms with Crippen LogP contribution in [0.3, 0.4) is 0 Å². The van der Waals surface area contributed by atoms with E-state index in [9.17, 15) is 14.0 Å². The Morgan fingerprint density at radius 2 is 2.04 bits per heavy atom. The summed E-state index contributed by atoms with van der Waals surface area (Å²) in [5, 5.41) is 7.55. The number of amides is 1. The quantitative estimate of drug-likeness (QED) is 0.747. The van der Waals surface area contributed by atoms with Crippen LogP contribution in [0.5, 0.6) is 0 Å². The van der Waals surface area contributed by atoms with Crippen molar-refractivity contribution in [1.82, 2.24) is 15.1 Å². The van der Waals surface area contributed by atoms with Crippen molar-refractivity contribution in [1.29, 1.82) is 0 Å². The normalized spacial score (nSPS) is 10.9. The van der Waals surface area contributed by atoms with Crippen molar-refractivity contribution in [2.75, 3.05) is 6.54 Å². The first-order valence-electron chi connectivity index (χ1n) is 8.23. The minimum atomic E-state index is -0.588. The molecule has 26 heavy (non-hydrogen) atoms. The van der Waals surface area contributed by atoms with E-state index in [1.54, 1.807) is 35.0 Å². The van der Waals surface area contributed by atoms with Crippen LogP contribution in [0.2, 0.25) is 5.02 Å². The zero-order valence-electron chi connectivity index (χ0n) is 14.1. The number of rotatable bonds is 5. The van der Waals surface area contributed by atoms with Crippen molar-refractivity contribution in [3.05, 3.63) is 74.8 Å². The molecule has 1 amide bonds. The van der Waals surface area contributed by atoms with Gasteiger partial charge in [-0.15, -0.1) is 0 Å². The second-order valence-electron chi connectivity index (χ2n) is 5.75. The molecule has 1 aromatic heterocycles. The first-order valence-corrected chi connectivity index (χ1v) is 8.61. The van der Waals surface area contributed by atoms with Crippen LogP contribution >= 0.6 is 11.6 Å². The average Bonchev–Trinajstić information content (AvgIpc) is 2.64. The van der Waals surface area contributed by atoms with Gasteiger partial charge < -0.3 is 5.32 Å². The predicted molar refractivity (Wildman–Crippen MR) is 99.1 cm³/mol. The molecule has 1 heterocycles. The Balaban J connectivity index is 1.85. The Hall–Kier alpha value is -2.73. The van der Waals surface area contributed by atoms with Crippen LogP contribution in [0, 0.1) is 5.82 Å². The summed E-state index contributed by atoms with van der Waals surface area (Å²) in [5.74, 6) is -0.913. The summed E-state index contributed by atoms with van der Waals surface area (Å²) in [4.78, 5) is 25.0. The molecule has 7 heteroatoms. The fraction of sp³-hybridized carbons (Fsp3) is 0.211. The molecule has 0 aliphatic carbocycles. The van der Waals surface area contributed by atoms with Crippen molar-refractivity contribution in [2.24, 2.45) is 0 Å². The minimum absolute atomic E-state index is 0.195. The van der Waals surface area contributed by atoms with Gasteiger partial charge in [-0.25, -0.2) is 4.39 Å². The summed E-state index contributed by atoms with van der Waals surface area (Å²) in [5.41, 5.74) is 0.438. The Kier molecular flexibility index (Phi) is 5.32. The molecule has 2 aromatic carbocycles.